The fraction of sp³-hybridized carbons (Fsp3) is 0.643. The van der Waals surface area contributed by atoms with E-state index in [4.69, 9.17) is 17.3 Å². The number of aliphatic hydroxyl groups excluding tert-OH is 1. The maximum absolute atomic E-state index is 12.2. The number of nitrogens with one attached hydrogen (secondary N) is 1. The average Bonchev–Trinajstić information content (AvgIpc) is 2.82. The maximum Gasteiger partial charge on any atom is 0.225 e. The highest BCUT2D eigenvalue weighted by atomic mass is 35.5. The number of hydrogen-bond donors (Lipinski definition) is 3. The number of aliphatic hydroxyl groups is 1. The predicted molar refractivity (Wildman–Crippen MR) is 89.1 cm³/mol. The number of halogens is 2. The third-order valence-electron chi connectivity index (χ3n) is 3.96. The molecular weight excluding hydrogens is 331 g/mol. The minimum absolute atomic E-state index is 0. The third kappa shape index (κ3) is 4.83. The molecule has 0 bridgehead atoms. The summed E-state index contributed by atoms with van der Waals surface area (Å²) in [4.78, 5) is 13.0. The van der Waals surface area contributed by atoms with Crippen molar-refractivity contribution in [2.75, 3.05) is 6.54 Å². The van der Waals surface area contributed by atoms with E-state index in [1.165, 1.54) is 11.3 Å². The highest BCUT2D eigenvalue weighted by molar-refractivity contribution is 7.16. The molecule has 1 heterocycles. The zero-order chi connectivity index (χ0) is 14.8. The van der Waals surface area contributed by atoms with Crippen LogP contribution in [0.15, 0.2) is 12.1 Å². The van der Waals surface area contributed by atoms with Crippen molar-refractivity contribution in [3.8, 4) is 0 Å². The second kappa shape index (κ2) is 7.79. The van der Waals surface area contributed by atoms with Crippen LogP contribution in [0.3, 0.4) is 0 Å². The first-order valence-electron chi connectivity index (χ1n) is 6.90. The van der Waals surface area contributed by atoms with Gasteiger partial charge >= 0.3 is 0 Å². The fourth-order valence-electron chi connectivity index (χ4n) is 2.72. The Balaban J connectivity index is 0.00000220. The summed E-state index contributed by atoms with van der Waals surface area (Å²) in [5.41, 5.74) is 5.76. The Kier molecular flexibility index (Phi) is 6.94. The zero-order valence-corrected chi connectivity index (χ0v) is 14.4. The van der Waals surface area contributed by atoms with Crippen molar-refractivity contribution in [1.82, 2.24) is 5.32 Å². The number of carbonyl (C=O) groups excluding carboxylic acids is 1. The number of amides is 1. The lowest BCUT2D eigenvalue weighted by Crippen LogP contribution is -2.53. The van der Waals surface area contributed by atoms with Gasteiger partial charge in [0.1, 0.15) is 6.10 Å². The molecule has 0 aromatic carbocycles. The summed E-state index contributed by atoms with van der Waals surface area (Å²) < 4.78 is 0.632. The Morgan fingerprint density at radius 1 is 1.62 bits per heavy atom. The van der Waals surface area contributed by atoms with Crippen molar-refractivity contribution in [1.29, 1.82) is 0 Å². The molecule has 4 nitrogen and oxygen atoms in total. The van der Waals surface area contributed by atoms with Crippen molar-refractivity contribution in [3.05, 3.63) is 21.3 Å². The quantitative estimate of drug-likeness (QED) is 0.779. The summed E-state index contributed by atoms with van der Waals surface area (Å²) in [5.74, 6) is -0.230. The number of rotatable bonds is 4. The van der Waals surface area contributed by atoms with E-state index in [9.17, 15) is 9.90 Å². The average molecular weight is 353 g/mol. The topological polar surface area (TPSA) is 75.4 Å². The number of thiophene rings is 1. The Morgan fingerprint density at radius 2 is 2.33 bits per heavy atom. The molecule has 3 atom stereocenters. The first-order valence-corrected chi connectivity index (χ1v) is 8.09. The van der Waals surface area contributed by atoms with Gasteiger partial charge in [0.2, 0.25) is 5.91 Å². The van der Waals surface area contributed by atoms with Crippen molar-refractivity contribution in [2.24, 2.45) is 11.7 Å². The first-order chi connectivity index (χ1) is 9.40. The molecule has 1 aliphatic rings. The summed E-state index contributed by atoms with van der Waals surface area (Å²) in [6, 6.07) is 3.52. The number of carbonyl (C=O) groups is 1. The largest absolute Gasteiger partial charge is 0.386 e. The molecule has 0 aliphatic heterocycles. The van der Waals surface area contributed by atoms with E-state index in [1.807, 2.05) is 6.92 Å². The maximum atomic E-state index is 12.2. The molecule has 0 saturated heterocycles. The Labute approximate surface area is 140 Å². The summed E-state index contributed by atoms with van der Waals surface area (Å²) in [7, 11) is 0. The fourth-order valence-corrected chi connectivity index (χ4v) is 3.76. The SMILES string of the molecule is CC1(N)CCCCC1C(=O)NCC(O)c1ccc(Cl)s1.Cl. The lowest BCUT2D eigenvalue weighted by atomic mass is 9.74. The van der Waals surface area contributed by atoms with Crippen LogP contribution in [0, 0.1) is 5.92 Å². The van der Waals surface area contributed by atoms with Gasteiger partial charge in [-0.15, -0.1) is 23.7 Å². The van der Waals surface area contributed by atoms with Crippen molar-refractivity contribution in [3.63, 3.8) is 0 Å². The van der Waals surface area contributed by atoms with Gasteiger partial charge in [0.25, 0.3) is 0 Å². The smallest absolute Gasteiger partial charge is 0.225 e. The molecule has 4 N–H and O–H groups in total. The molecule has 3 unspecified atom stereocenters. The summed E-state index contributed by atoms with van der Waals surface area (Å²) in [6.45, 7) is 2.13. The van der Waals surface area contributed by atoms with Crippen LogP contribution in [0.2, 0.25) is 4.34 Å². The molecule has 1 aliphatic carbocycles. The van der Waals surface area contributed by atoms with Crippen LogP contribution in [-0.4, -0.2) is 23.1 Å². The van der Waals surface area contributed by atoms with Crippen LogP contribution in [0.25, 0.3) is 0 Å². The third-order valence-corrected chi connectivity index (χ3v) is 5.30. The van der Waals surface area contributed by atoms with Gasteiger partial charge in [0.15, 0.2) is 0 Å². The minimum atomic E-state index is -0.718. The second-order valence-electron chi connectivity index (χ2n) is 5.71. The monoisotopic (exact) mass is 352 g/mol. The summed E-state index contributed by atoms with van der Waals surface area (Å²) in [6.07, 6.45) is 3.08. The lowest BCUT2D eigenvalue weighted by Gasteiger charge is -2.37. The lowest BCUT2D eigenvalue weighted by molar-refractivity contribution is -0.128. The molecule has 0 spiro atoms. The van der Waals surface area contributed by atoms with Crippen molar-refractivity contribution in [2.45, 2.75) is 44.2 Å². The molecule has 120 valence electrons. The summed E-state index contributed by atoms with van der Waals surface area (Å²) in [5, 5.41) is 12.8. The molecule has 1 aromatic heterocycles. The summed E-state index contributed by atoms with van der Waals surface area (Å²) >= 11 is 7.15. The molecule has 1 amide bonds. The highest BCUT2D eigenvalue weighted by Gasteiger charge is 2.37. The zero-order valence-electron chi connectivity index (χ0n) is 12.0. The van der Waals surface area contributed by atoms with Gasteiger partial charge in [0, 0.05) is 17.0 Å². The van der Waals surface area contributed by atoms with Gasteiger partial charge in [-0.1, -0.05) is 24.4 Å². The van der Waals surface area contributed by atoms with Gasteiger partial charge in [-0.05, 0) is 31.9 Å². The highest BCUT2D eigenvalue weighted by Crippen LogP contribution is 2.32. The van der Waals surface area contributed by atoms with Gasteiger partial charge in [-0.3, -0.25) is 4.79 Å². The number of nitrogens with two attached hydrogens (primary N) is 1. The van der Waals surface area contributed by atoms with E-state index in [2.05, 4.69) is 5.32 Å². The molecule has 0 radical (unpaired) electrons. The van der Waals surface area contributed by atoms with Crippen LogP contribution in [0.4, 0.5) is 0 Å². The van der Waals surface area contributed by atoms with E-state index in [0.29, 0.717) is 4.34 Å². The van der Waals surface area contributed by atoms with E-state index in [-0.39, 0.29) is 30.8 Å². The van der Waals surface area contributed by atoms with Crippen LogP contribution < -0.4 is 11.1 Å². The second-order valence-corrected chi connectivity index (χ2v) is 7.45. The van der Waals surface area contributed by atoms with E-state index in [0.717, 1.165) is 30.6 Å². The predicted octanol–water partition coefficient (Wildman–Crippen LogP) is 2.88. The molecule has 1 saturated carbocycles. The molecule has 2 rings (SSSR count). The standard InChI is InChI=1S/C14H21ClN2O2S.ClH/c1-14(16)7-3-2-4-9(14)13(19)17-8-10(18)11-5-6-12(15)20-11;/h5-6,9-10,18H,2-4,7-8,16H2,1H3,(H,17,19);1H. The Morgan fingerprint density at radius 3 is 2.90 bits per heavy atom. The van der Waals surface area contributed by atoms with Crippen molar-refractivity contribution >= 4 is 41.3 Å². The molecule has 21 heavy (non-hydrogen) atoms. The Hall–Kier alpha value is -0.330. The van der Waals surface area contributed by atoms with Gasteiger partial charge in [-0.2, -0.15) is 0 Å². The first kappa shape index (κ1) is 18.7. The van der Waals surface area contributed by atoms with Crippen LogP contribution in [0.5, 0.6) is 0 Å². The molecular formula is C14H22Cl2N2O2S. The van der Waals surface area contributed by atoms with E-state index in [1.54, 1.807) is 12.1 Å². The molecule has 1 aromatic rings. The molecule has 1 fully saturated rings. The van der Waals surface area contributed by atoms with Gasteiger partial charge < -0.3 is 16.2 Å². The van der Waals surface area contributed by atoms with Crippen LogP contribution in [0.1, 0.15) is 43.6 Å². The normalized spacial score (nSPS) is 26.8. The van der Waals surface area contributed by atoms with E-state index >= 15 is 0 Å². The van der Waals surface area contributed by atoms with E-state index < -0.39 is 11.6 Å². The number of hydrogen-bond acceptors (Lipinski definition) is 4. The van der Waals surface area contributed by atoms with Gasteiger partial charge in [-0.25, -0.2) is 0 Å². The van der Waals surface area contributed by atoms with Crippen molar-refractivity contribution < 1.29 is 9.90 Å². The molecule has 7 heteroatoms. The van der Waals surface area contributed by atoms with Crippen LogP contribution >= 0.6 is 35.3 Å². The van der Waals surface area contributed by atoms with Crippen LogP contribution in [-0.2, 0) is 4.79 Å². The minimum Gasteiger partial charge on any atom is -0.386 e. The Bertz CT molecular complexity index is 479. The van der Waals surface area contributed by atoms with Gasteiger partial charge in [0.05, 0.1) is 10.3 Å².